The molecule has 1 amide bonds. The quantitative estimate of drug-likeness (QED) is 0.876. The number of carbonyl (C=O) groups is 1. The first-order chi connectivity index (χ1) is 8.61. The third-order valence-corrected chi connectivity index (χ3v) is 4.76. The Bertz CT molecular complexity index is 418. The van der Waals surface area contributed by atoms with Gasteiger partial charge in [0.15, 0.2) is 0 Å². The minimum atomic E-state index is -0.00442. The normalized spacial score (nSPS) is 25.1. The maximum atomic E-state index is 12.2. The van der Waals surface area contributed by atoms with Crippen molar-refractivity contribution in [2.24, 2.45) is 17.6 Å². The minimum absolute atomic E-state index is 0.00442. The zero-order chi connectivity index (χ0) is 13.1. The van der Waals surface area contributed by atoms with Gasteiger partial charge in [-0.2, -0.15) is 0 Å². The molecule has 5 heteroatoms. The largest absolute Gasteiger partial charge is 0.347 e. The van der Waals surface area contributed by atoms with Crippen LogP contribution < -0.4 is 11.1 Å². The van der Waals surface area contributed by atoms with Crippen LogP contribution >= 0.6 is 11.3 Å². The fraction of sp³-hybridized carbons (Fsp3) is 0.692. The van der Waals surface area contributed by atoms with Gasteiger partial charge in [0.25, 0.3) is 0 Å². The molecule has 1 fully saturated rings. The Labute approximate surface area is 112 Å². The van der Waals surface area contributed by atoms with Crippen LogP contribution in [0.25, 0.3) is 0 Å². The summed E-state index contributed by atoms with van der Waals surface area (Å²) in [6, 6.07) is -0.00442. The van der Waals surface area contributed by atoms with Gasteiger partial charge in [-0.05, 0) is 39.2 Å². The lowest BCUT2D eigenvalue weighted by Gasteiger charge is -2.19. The number of amides is 1. The van der Waals surface area contributed by atoms with E-state index < -0.39 is 0 Å². The number of hydrogen-bond acceptors (Lipinski definition) is 4. The summed E-state index contributed by atoms with van der Waals surface area (Å²) in [5.74, 6) is 0.594. The van der Waals surface area contributed by atoms with Crippen LogP contribution in [0, 0.1) is 18.8 Å². The van der Waals surface area contributed by atoms with E-state index in [1.54, 1.807) is 11.3 Å². The highest BCUT2D eigenvalue weighted by Gasteiger charge is 2.32. The molecule has 0 saturated heterocycles. The summed E-state index contributed by atoms with van der Waals surface area (Å²) in [4.78, 5) is 17.7. The van der Waals surface area contributed by atoms with Gasteiger partial charge in [-0.3, -0.25) is 4.79 Å². The highest BCUT2D eigenvalue weighted by atomic mass is 32.1. The van der Waals surface area contributed by atoms with Crippen LogP contribution in [0.3, 0.4) is 0 Å². The monoisotopic (exact) mass is 267 g/mol. The Morgan fingerprint density at radius 3 is 3.06 bits per heavy atom. The van der Waals surface area contributed by atoms with Gasteiger partial charge in [-0.15, -0.1) is 11.3 Å². The maximum absolute atomic E-state index is 12.2. The molecule has 0 bridgehead atoms. The molecule has 3 atom stereocenters. The predicted molar refractivity (Wildman–Crippen MR) is 73.3 cm³/mol. The van der Waals surface area contributed by atoms with Crippen LogP contribution in [0.15, 0.2) is 6.20 Å². The van der Waals surface area contributed by atoms with E-state index in [2.05, 4.69) is 10.3 Å². The van der Waals surface area contributed by atoms with Crippen molar-refractivity contribution in [3.8, 4) is 0 Å². The topological polar surface area (TPSA) is 68.0 Å². The number of aromatic nitrogens is 1. The van der Waals surface area contributed by atoms with E-state index in [4.69, 9.17) is 5.73 Å². The molecular weight excluding hydrogens is 246 g/mol. The zero-order valence-corrected chi connectivity index (χ0v) is 11.8. The standard InChI is InChI=1S/C13H21N3OS/c1-8-7-15-13(18-8)9(2)16-12(17)11-5-3-4-10(11)6-14/h7,9-11H,3-6,14H2,1-2H3,(H,16,17)/t9?,10-,11-/m1/s1. The maximum Gasteiger partial charge on any atom is 0.223 e. The minimum Gasteiger partial charge on any atom is -0.347 e. The summed E-state index contributed by atoms with van der Waals surface area (Å²) in [6.45, 7) is 4.63. The molecule has 4 nitrogen and oxygen atoms in total. The summed E-state index contributed by atoms with van der Waals surface area (Å²) >= 11 is 1.64. The number of nitrogens with one attached hydrogen (secondary N) is 1. The average molecular weight is 267 g/mol. The van der Waals surface area contributed by atoms with Crippen LogP contribution in [-0.4, -0.2) is 17.4 Å². The van der Waals surface area contributed by atoms with E-state index in [1.807, 2.05) is 20.0 Å². The van der Waals surface area contributed by atoms with Gasteiger partial charge in [0.2, 0.25) is 5.91 Å². The molecule has 0 spiro atoms. The Kier molecular flexibility index (Phi) is 4.35. The molecular formula is C13H21N3OS. The summed E-state index contributed by atoms with van der Waals surface area (Å²) in [5.41, 5.74) is 5.72. The molecule has 1 heterocycles. The van der Waals surface area contributed by atoms with E-state index in [9.17, 15) is 4.79 Å². The summed E-state index contributed by atoms with van der Waals surface area (Å²) < 4.78 is 0. The van der Waals surface area contributed by atoms with Gasteiger partial charge in [0.05, 0.1) is 6.04 Å². The first-order valence-electron chi connectivity index (χ1n) is 6.54. The summed E-state index contributed by atoms with van der Waals surface area (Å²) in [6.07, 6.45) is 5.02. The van der Waals surface area contributed by atoms with Gasteiger partial charge in [0.1, 0.15) is 5.01 Å². The highest BCUT2D eigenvalue weighted by Crippen LogP contribution is 2.31. The second-order valence-corrected chi connectivity index (χ2v) is 6.34. The first-order valence-corrected chi connectivity index (χ1v) is 7.36. The van der Waals surface area contributed by atoms with Crippen molar-refractivity contribution >= 4 is 17.2 Å². The van der Waals surface area contributed by atoms with Gasteiger partial charge in [0, 0.05) is 17.0 Å². The SMILES string of the molecule is Cc1cnc(C(C)NC(=O)[C@@H]2CCC[C@@H]2CN)s1. The molecule has 0 aromatic carbocycles. The zero-order valence-electron chi connectivity index (χ0n) is 11.0. The Morgan fingerprint density at radius 2 is 2.44 bits per heavy atom. The lowest BCUT2D eigenvalue weighted by atomic mass is 9.95. The Hall–Kier alpha value is -0.940. The van der Waals surface area contributed by atoms with Crippen LogP contribution in [-0.2, 0) is 4.79 Å². The van der Waals surface area contributed by atoms with Crippen molar-refractivity contribution in [3.63, 3.8) is 0 Å². The van der Waals surface area contributed by atoms with Crippen molar-refractivity contribution in [1.29, 1.82) is 0 Å². The second kappa shape index (κ2) is 5.80. The van der Waals surface area contributed by atoms with Crippen molar-refractivity contribution in [2.75, 3.05) is 6.54 Å². The highest BCUT2D eigenvalue weighted by molar-refractivity contribution is 7.11. The van der Waals surface area contributed by atoms with Crippen molar-refractivity contribution in [1.82, 2.24) is 10.3 Å². The molecule has 1 aromatic rings. The van der Waals surface area contributed by atoms with Gasteiger partial charge < -0.3 is 11.1 Å². The van der Waals surface area contributed by atoms with E-state index in [0.717, 1.165) is 24.3 Å². The molecule has 1 aromatic heterocycles. The molecule has 3 N–H and O–H groups in total. The van der Waals surface area contributed by atoms with Gasteiger partial charge in [-0.25, -0.2) is 4.98 Å². The lowest BCUT2D eigenvalue weighted by molar-refractivity contribution is -0.126. The van der Waals surface area contributed by atoms with E-state index in [1.165, 1.54) is 4.88 Å². The van der Waals surface area contributed by atoms with Gasteiger partial charge in [-0.1, -0.05) is 6.42 Å². The molecule has 1 aliphatic rings. The van der Waals surface area contributed by atoms with E-state index in [0.29, 0.717) is 12.5 Å². The Balaban J connectivity index is 1.94. The van der Waals surface area contributed by atoms with Crippen LogP contribution in [0.4, 0.5) is 0 Å². The number of carbonyl (C=O) groups excluding carboxylic acids is 1. The predicted octanol–water partition coefficient (Wildman–Crippen LogP) is 2.00. The summed E-state index contributed by atoms with van der Waals surface area (Å²) in [7, 11) is 0. The molecule has 1 aliphatic carbocycles. The third kappa shape index (κ3) is 2.90. The number of hydrogen-bond donors (Lipinski definition) is 2. The van der Waals surface area contributed by atoms with Crippen LogP contribution in [0.1, 0.15) is 42.1 Å². The van der Waals surface area contributed by atoms with Crippen molar-refractivity contribution < 1.29 is 4.79 Å². The number of thiazole rings is 1. The molecule has 0 radical (unpaired) electrons. The molecule has 1 unspecified atom stereocenters. The second-order valence-electron chi connectivity index (χ2n) is 5.07. The molecule has 100 valence electrons. The molecule has 2 rings (SSSR count). The molecule has 0 aliphatic heterocycles. The fourth-order valence-corrected chi connectivity index (χ4v) is 3.40. The number of aryl methyl sites for hydroxylation is 1. The van der Waals surface area contributed by atoms with Crippen molar-refractivity contribution in [2.45, 2.75) is 39.2 Å². The van der Waals surface area contributed by atoms with E-state index in [-0.39, 0.29) is 17.9 Å². The number of nitrogens with zero attached hydrogens (tertiary/aromatic N) is 1. The van der Waals surface area contributed by atoms with Gasteiger partial charge >= 0.3 is 0 Å². The smallest absolute Gasteiger partial charge is 0.223 e. The molecule has 1 saturated carbocycles. The average Bonchev–Trinajstić information content (AvgIpc) is 2.96. The third-order valence-electron chi connectivity index (χ3n) is 3.67. The number of rotatable bonds is 4. The fourth-order valence-electron chi connectivity index (χ4n) is 2.62. The molecule has 18 heavy (non-hydrogen) atoms. The first kappa shape index (κ1) is 13.5. The summed E-state index contributed by atoms with van der Waals surface area (Å²) in [5, 5.41) is 4.04. The number of nitrogens with two attached hydrogens (primary N) is 1. The Morgan fingerprint density at radius 1 is 1.67 bits per heavy atom. The van der Waals surface area contributed by atoms with E-state index >= 15 is 0 Å². The van der Waals surface area contributed by atoms with Crippen LogP contribution in [0.2, 0.25) is 0 Å². The lowest BCUT2D eigenvalue weighted by Crippen LogP contribution is -2.36. The van der Waals surface area contributed by atoms with Crippen molar-refractivity contribution in [3.05, 3.63) is 16.1 Å². The van der Waals surface area contributed by atoms with Crippen LogP contribution in [0.5, 0.6) is 0 Å².